The smallest absolute Gasteiger partial charge is 0.256 e. The average molecular weight is 189 g/mol. The van der Waals surface area contributed by atoms with E-state index in [1.54, 1.807) is 6.07 Å². The molecule has 0 saturated carbocycles. The van der Waals surface area contributed by atoms with Crippen molar-refractivity contribution in [2.24, 2.45) is 5.73 Å². The lowest BCUT2D eigenvalue weighted by Crippen LogP contribution is -2.45. The zero-order valence-corrected chi connectivity index (χ0v) is 7.64. The summed E-state index contributed by atoms with van der Waals surface area (Å²) in [5.41, 5.74) is 5.32. The molecule has 5 heteroatoms. The van der Waals surface area contributed by atoms with Gasteiger partial charge in [-0.05, 0) is 19.9 Å². The number of nitrogens with zero attached hydrogens (tertiary/aromatic N) is 1. The fourth-order valence-electron chi connectivity index (χ4n) is 1.03. The van der Waals surface area contributed by atoms with Crippen molar-refractivity contribution < 1.29 is 8.78 Å². The Morgan fingerprint density at radius 2 is 2.31 bits per heavy atom. The van der Waals surface area contributed by atoms with Gasteiger partial charge < -0.3 is 5.73 Å². The van der Waals surface area contributed by atoms with Gasteiger partial charge >= 0.3 is 0 Å². The third-order valence-electron chi connectivity index (χ3n) is 1.82. The molecule has 0 fully saturated rings. The number of rotatable bonds is 3. The summed E-state index contributed by atoms with van der Waals surface area (Å²) in [6, 6.07) is 1.72. The van der Waals surface area contributed by atoms with Gasteiger partial charge in [0.15, 0.2) is 0 Å². The maximum atomic E-state index is 12.3. The molecular formula is C8H13F2N3. The molecule has 1 aromatic heterocycles. The first-order valence-electron chi connectivity index (χ1n) is 4.00. The predicted molar refractivity (Wildman–Crippen MR) is 45.6 cm³/mol. The quantitative estimate of drug-likeness (QED) is 0.751. The van der Waals surface area contributed by atoms with Crippen LogP contribution in [0.3, 0.4) is 0 Å². The molecule has 1 heterocycles. The third kappa shape index (κ3) is 2.48. The van der Waals surface area contributed by atoms with Crippen LogP contribution in [0.1, 0.15) is 18.3 Å². The van der Waals surface area contributed by atoms with Crippen molar-refractivity contribution in [3.63, 3.8) is 0 Å². The van der Waals surface area contributed by atoms with Crippen LogP contribution in [0.2, 0.25) is 0 Å². The number of nitrogens with two attached hydrogens (primary N) is 1. The second kappa shape index (κ2) is 3.41. The van der Waals surface area contributed by atoms with Crippen molar-refractivity contribution in [2.45, 2.75) is 32.2 Å². The number of H-pyrrole nitrogens is 1. The minimum Gasteiger partial charge on any atom is -0.320 e. The summed E-state index contributed by atoms with van der Waals surface area (Å²) in [4.78, 5) is 0. The molecule has 0 aliphatic carbocycles. The first-order valence-corrected chi connectivity index (χ1v) is 4.00. The minimum absolute atomic E-state index is 0.0784. The van der Waals surface area contributed by atoms with Crippen LogP contribution >= 0.6 is 0 Å². The van der Waals surface area contributed by atoms with Crippen LogP contribution in [0, 0.1) is 6.92 Å². The molecule has 3 N–H and O–H groups in total. The van der Waals surface area contributed by atoms with E-state index in [2.05, 4.69) is 10.2 Å². The molecule has 0 spiro atoms. The number of aromatic amines is 1. The number of alkyl halides is 2. The summed E-state index contributed by atoms with van der Waals surface area (Å²) in [7, 11) is 0. The Morgan fingerprint density at radius 1 is 1.69 bits per heavy atom. The molecular weight excluding hydrogens is 176 g/mol. The van der Waals surface area contributed by atoms with Gasteiger partial charge in [-0.3, -0.25) is 5.10 Å². The van der Waals surface area contributed by atoms with Gasteiger partial charge in [-0.1, -0.05) is 0 Å². The lowest BCUT2D eigenvalue weighted by Gasteiger charge is -2.21. The molecule has 1 atom stereocenters. The molecule has 0 aliphatic heterocycles. The highest BCUT2D eigenvalue weighted by molar-refractivity contribution is 5.10. The number of hydrogen-bond donors (Lipinski definition) is 2. The van der Waals surface area contributed by atoms with E-state index >= 15 is 0 Å². The summed E-state index contributed by atoms with van der Waals surface area (Å²) >= 11 is 0. The maximum absolute atomic E-state index is 12.3. The number of aromatic nitrogens is 2. The summed E-state index contributed by atoms with van der Waals surface area (Å²) < 4.78 is 24.7. The Kier molecular flexibility index (Phi) is 2.66. The van der Waals surface area contributed by atoms with Gasteiger partial charge in [-0.15, -0.1) is 0 Å². The highest BCUT2D eigenvalue weighted by Crippen LogP contribution is 2.17. The van der Waals surface area contributed by atoms with Gasteiger partial charge in [0.25, 0.3) is 6.43 Å². The lowest BCUT2D eigenvalue weighted by molar-refractivity contribution is 0.0634. The van der Waals surface area contributed by atoms with Crippen molar-refractivity contribution in [2.75, 3.05) is 0 Å². The van der Waals surface area contributed by atoms with Gasteiger partial charge in [0.2, 0.25) is 0 Å². The second-order valence-electron chi connectivity index (χ2n) is 3.53. The van der Waals surface area contributed by atoms with E-state index < -0.39 is 12.0 Å². The molecule has 74 valence electrons. The Morgan fingerprint density at radius 3 is 2.69 bits per heavy atom. The standard InChI is InChI=1S/C8H13F2N3/c1-5-3-6(13-12-5)4-8(2,11)7(9)10/h3,7H,4,11H2,1-2H3,(H,12,13). The summed E-state index contributed by atoms with van der Waals surface area (Å²) in [6.45, 7) is 3.13. The molecule has 0 saturated heterocycles. The first kappa shape index (κ1) is 10.1. The van der Waals surface area contributed by atoms with E-state index in [1.165, 1.54) is 6.92 Å². The van der Waals surface area contributed by atoms with Crippen molar-refractivity contribution in [3.8, 4) is 0 Å². The number of aryl methyl sites for hydroxylation is 1. The van der Waals surface area contributed by atoms with Crippen molar-refractivity contribution in [1.82, 2.24) is 10.2 Å². The Bertz CT molecular complexity index is 281. The van der Waals surface area contributed by atoms with Crippen molar-refractivity contribution in [1.29, 1.82) is 0 Å². The molecule has 0 bridgehead atoms. The van der Waals surface area contributed by atoms with Crippen LogP contribution in [0.5, 0.6) is 0 Å². The largest absolute Gasteiger partial charge is 0.320 e. The zero-order chi connectivity index (χ0) is 10.1. The normalized spacial score (nSPS) is 16.2. The third-order valence-corrected chi connectivity index (χ3v) is 1.82. The molecule has 0 amide bonds. The van der Waals surface area contributed by atoms with Gasteiger partial charge in [0.1, 0.15) is 0 Å². The topological polar surface area (TPSA) is 54.7 Å². The van der Waals surface area contributed by atoms with Gasteiger partial charge in [-0.2, -0.15) is 5.10 Å². The van der Waals surface area contributed by atoms with Gasteiger partial charge in [-0.25, -0.2) is 8.78 Å². The van der Waals surface area contributed by atoms with Gasteiger partial charge in [0.05, 0.1) is 11.2 Å². The van der Waals surface area contributed by atoms with Crippen LogP contribution < -0.4 is 5.73 Å². The number of nitrogens with one attached hydrogen (secondary N) is 1. The summed E-state index contributed by atoms with van der Waals surface area (Å²) in [5.74, 6) is 0. The monoisotopic (exact) mass is 189 g/mol. The van der Waals surface area contributed by atoms with E-state index in [1.807, 2.05) is 6.92 Å². The Labute approximate surface area is 75.3 Å². The molecule has 1 aromatic rings. The highest BCUT2D eigenvalue weighted by Gasteiger charge is 2.31. The second-order valence-corrected chi connectivity index (χ2v) is 3.53. The summed E-state index contributed by atoms with van der Waals surface area (Å²) in [6.07, 6.45) is -2.46. The molecule has 0 radical (unpaired) electrons. The Balaban J connectivity index is 2.68. The van der Waals surface area contributed by atoms with Crippen LogP contribution in [0.15, 0.2) is 6.07 Å². The van der Waals surface area contributed by atoms with Crippen LogP contribution in [-0.4, -0.2) is 22.2 Å². The van der Waals surface area contributed by atoms with Crippen LogP contribution in [0.4, 0.5) is 8.78 Å². The molecule has 0 aromatic carbocycles. The van der Waals surface area contributed by atoms with E-state index in [4.69, 9.17) is 5.73 Å². The van der Waals surface area contributed by atoms with Gasteiger partial charge in [0, 0.05) is 12.1 Å². The summed E-state index contributed by atoms with van der Waals surface area (Å²) in [5, 5.41) is 6.52. The van der Waals surface area contributed by atoms with E-state index in [0.29, 0.717) is 5.69 Å². The fourth-order valence-corrected chi connectivity index (χ4v) is 1.03. The molecule has 13 heavy (non-hydrogen) atoms. The zero-order valence-electron chi connectivity index (χ0n) is 7.64. The minimum atomic E-state index is -2.54. The molecule has 1 unspecified atom stereocenters. The highest BCUT2D eigenvalue weighted by atomic mass is 19.3. The predicted octanol–water partition coefficient (Wildman–Crippen LogP) is 1.24. The van der Waals surface area contributed by atoms with E-state index in [0.717, 1.165) is 5.69 Å². The SMILES string of the molecule is Cc1cc(CC(C)(N)C(F)F)n[nH]1. The molecule has 0 aliphatic rings. The average Bonchev–Trinajstić information content (AvgIpc) is 2.34. The van der Waals surface area contributed by atoms with Crippen LogP contribution in [-0.2, 0) is 6.42 Å². The van der Waals surface area contributed by atoms with Crippen LogP contribution in [0.25, 0.3) is 0 Å². The first-order chi connectivity index (χ1) is 5.92. The number of halogens is 2. The van der Waals surface area contributed by atoms with Crippen molar-refractivity contribution >= 4 is 0 Å². The fraction of sp³-hybridized carbons (Fsp3) is 0.625. The van der Waals surface area contributed by atoms with Crippen molar-refractivity contribution in [3.05, 3.63) is 17.5 Å². The maximum Gasteiger partial charge on any atom is 0.256 e. The number of hydrogen-bond acceptors (Lipinski definition) is 2. The van der Waals surface area contributed by atoms with E-state index in [9.17, 15) is 8.78 Å². The lowest BCUT2D eigenvalue weighted by atomic mass is 9.98. The molecule has 1 rings (SSSR count). The van der Waals surface area contributed by atoms with E-state index in [-0.39, 0.29) is 6.42 Å². The Hall–Kier alpha value is -0.970. The molecule has 3 nitrogen and oxygen atoms in total.